The molecule has 0 N–H and O–H groups in total. The van der Waals surface area contributed by atoms with Gasteiger partial charge in [0.05, 0.1) is 29.1 Å². The molecule has 8 heteroatoms. The van der Waals surface area contributed by atoms with Gasteiger partial charge < -0.3 is 4.74 Å². The lowest BCUT2D eigenvalue weighted by Crippen LogP contribution is -2.16. The monoisotopic (exact) mass is 586 g/mol. The number of rotatable bonds is 3. The van der Waals surface area contributed by atoms with E-state index in [1.807, 2.05) is 66.7 Å². The molecule has 3 heterocycles. The van der Waals surface area contributed by atoms with E-state index < -0.39 is 0 Å². The van der Waals surface area contributed by atoms with E-state index >= 15 is 0 Å². The van der Waals surface area contributed by atoms with Crippen LogP contribution in [0.1, 0.15) is 0 Å². The molecular weight excluding hydrogens is 572 g/mol. The molecule has 6 nitrogen and oxygen atoms in total. The van der Waals surface area contributed by atoms with Gasteiger partial charge in [0, 0.05) is 14.5 Å². The molecule has 0 spiro atoms. The summed E-state index contributed by atoms with van der Waals surface area (Å²) in [7, 11) is 1.64. The molecule has 0 fully saturated rings. The molecule has 6 rings (SSSR count). The number of aromatic nitrogens is 4. The third-order valence-electron chi connectivity index (χ3n) is 5.91. The van der Waals surface area contributed by atoms with Crippen molar-refractivity contribution in [3.63, 3.8) is 0 Å². The Balaban J connectivity index is 1.77. The molecule has 0 radical (unpaired) electrons. The summed E-state index contributed by atoms with van der Waals surface area (Å²) in [6.07, 6.45) is 1.50. The fourth-order valence-corrected chi connectivity index (χ4v) is 5.54. The third-order valence-corrected chi connectivity index (χ3v) is 6.98. The molecule has 0 aliphatic heterocycles. The maximum absolute atomic E-state index is 13.5. The summed E-state index contributed by atoms with van der Waals surface area (Å²) in [5.74, 6) is 0.758. The highest BCUT2D eigenvalue weighted by molar-refractivity contribution is 9.11. The summed E-state index contributed by atoms with van der Waals surface area (Å²) < 4.78 is 8.36. The van der Waals surface area contributed by atoms with Gasteiger partial charge in [0.2, 0.25) is 0 Å². The second kappa shape index (κ2) is 8.55. The van der Waals surface area contributed by atoms with E-state index in [2.05, 4.69) is 36.8 Å². The van der Waals surface area contributed by atoms with Crippen LogP contribution in [0, 0.1) is 0 Å². The Hall–Kier alpha value is -3.62. The van der Waals surface area contributed by atoms with Crippen LogP contribution in [0.2, 0.25) is 0 Å². The van der Waals surface area contributed by atoms with Crippen molar-refractivity contribution in [2.45, 2.75) is 0 Å². The van der Waals surface area contributed by atoms with Gasteiger partial charge in [-0.2, -0.15) is 0 Å². The van der Waals surface area contributed by atoms with Gasteiger partial charge in [-0.05, 0) is 57.4 Å². The van der Waals surface area contributed by atoms with E-state index in [0.717, 1.165) is 37.1 Å². The molecule has 0 saturated carbocycles. The fourth-order valence-electron chi connectivity index (χ4n) is 4.22. The first-order chi connectivity index (χ1) is 17.0. The van der Waals surface area contributed by atoms with E-state index in [0.29, 0.717) is 27.6 Å². The van der Waals surface area contributed by atoms with Crippen LogP contribution in [-0.2, 0) is 0 Å². The van der Waals surface area contributed by atoms with Crippen LogP contribution in [0.3, 0.4) is 0 Å². The summed E-state index contributed by atoms with van der Waals surface area (Å²) in [6, 6.07) is 23.4. The topological polar surface area (TPSA) is 69.4 Å². The molecule has 0 bridgehead atoms. The molecule has 0 atom stereocenters. The van der Waals surface area contributed by atoms with E-state index in [-0.39, 0.29) is 5.56 Å². The smallest absolute Gasteiger partial charge is 0.267 e. The van der Waals surface area contributed by atoms with Crippen LogP contribution < -0.4 is 10.3 Å². The Morgan fingerprint density at radius 1 is 0.886 bits per heavy atom. The van der Waals surface area contributed by atoms with Gasteiger partial charge in [-0.3, -0.25) is 4.79 Å². The van der Waals surface area contributed by atoms with Gasteiger partial charge in [-0.25, -0.2) is 19.4 Å². The number of hydrogen-bond acceptors (Lipinski definition) is 5. The third kappa shape index (κ3) is 3.69. The molecule has 35 heavy (non-hydrogen) atoms. The summed E-state index contributed by atoms with van der Waals surface area (Å²) in [4.78, 5) is 27.8. The van der Waals surface area contributed by atoms with Crippen molar-refractivity contribution in [3.05, 3.63) is 98.4 Å². The lowest BCUT2D eigenvalue weighted by molar-refractivity contribution is 0.415. The Bertz CT molecular complexity index is 1820. The predicted molar refractivity (Wildman–Crippen MR) is 145 cm³/mol. The second-order valence-corrected chi connectivity index (χ2v) is 9.76. The van der Waals surface area contributed by atoms with Crippen LogP contribution in [-0.4, -0.2) is 26.5 Å². The quantitative estimate of drug-likeness (QED) is 0.171. The van der Waals surface area contributed by atoms with Crippen molar-refractivity contribution >= 4 is 59.4 Å². The number of pyridine rings is 1. The summed E-state index contributed by atoms with van der Waals surface area (Å²) in [6.45, 7) is 0. The lowest BCUT2D eigenvalue weighted by atomic mass is 9.99. The highest BCUT2D eigenvalue weighted by atomic mass is 79.9. The van der Waals surface area contributed by atoms with Crippen LogP contribution in [0.5, 0.6) is 5.75 Å². The molecule has 3 aromatic carbocycles. The molecule has 3 aromatic heterocycles. The molecule has 0 unspecified atom stereocenters. The summed E-state index contributed by atoms with van der Waals surface area (Å²) in [5, 5.41) is 1.19. The lowest BCUT2D eigenvalue weighted by Gasteiger charge is -2.13. The number of hydrogen-bond donors (Lipinski definition) is 0. The number of benzene rings is 3. The standard InChI is InChI=1S/C27H16Br2N4O2/c1-35-18-9-7-15(8-10-18)19-13-22(16-5-3-2-4-6-16)31-25-23(19)26-32-24-20(11-17(28)12-21(24)29)27(34)33(26)14-30-25/h2-14H,1H3. The summed E-state index contributed by atoms with van der Waals surface area (Å²) >= 11 is 7.03. The summed E-state index contributed by atoms with van der Waals surface area (Å²) in [5.41, 5.74) is 4.96. The second-order valence-electron chi connectivity index (χ2n) is 7.99. The number of methoxy groups -OCH3 is 1. The molecular formula is C27H16Br2N4O2. The van der Waals surface area contributed by atoms with Crippen molar-refractivity contribution < 1.29 is 4.74 Å². The van der Waals surface area contributed by atoms with Crippen molar-refractivity contribution in [1.29, 1.82) is 0 Å². The Morgan fingerprint density at radius 2 is 1.66 bits per heavy atom. The number of ether oxygens (including phenoxy) is 1. The Labute approximate surface area is 216 Å². The molecule has 0 aliphatic rings. The van der Waals surface area contributed by atoms with E-state index in [4.69, 9.17) is 14.7 Å². The van der Waals surface area contributed by atoms with Crippen molar-refractivity contribution in [2.24, 2.45) is 0 Å². The average Bonchev–Trinajstić information content (AvgIpc) is 2.89. The van der Waals surface area contributed by atoms with Gasteiger partial charge in [0.25, 0.3) is 5.56 Å². The van der Waals surface area contributed by atoms with E-state index in [1.54, 1.807) is 13.2 Å². The highest BCUT2D eigenvalue weighted by Crippen LogP contribution is 2.35. The minimum Gasteiger partial charge on any atom is -0.497 e. The average molecular weight is 588 g/mol. The van der Waals surface area contributed by atoms with Gasteiger partial charge in [-0.15, -0.1) is 0 Å². The van der Waals surface area contributed by atoms with Crippen LogP contribution in [0.25, 0.3) is 50.0 Å². The maximum Gasteiger partial charge on any atom is 0.267 e. The molecule has 0 amide bonds. The van der Waals surface area contributed by atoms with Crippen molar-refractivity contribution in [1.82, 2.24) is 19.4 Å². The number of fused-ring (bicyclic) bond motifs is 4. The number of nitrogens with zero attached hydrogens (tertiary/aromatic N) is 4. The largest absolute Gasteiger partial charge is 0.497 e. The predicted octanol–water partition coefficient (Wildman–Crippen LogP) is 6.66. The molecule has 6 aromatic rings. The minimum atomic E-state index is -0.200. The fraction of sp³-hybridized carbons (Fsp3) is 0.0370. The van der Waals surface area contributed by atoms with Gasteiger partial charge in [0.15, 0.2) is 11.3 Å². The van der Waals surface area contributed by atoms with Gasteiger partial charge in [0.1, 0.15) is 12.1 Å². The first-order valence-corrected chi connectivity index (χ1v) is 12.3. The van der Waals surface area contributed by atoms with Gasteiger partial charge >= 0.3 is 0 Å². The van der Waals surface area contributed by atoms with Crippen LogP contribution in [0.4, 0.5) is 0 Å². The zero-order valence-corrected chi connectivity index (χ0v) is 21.5. The Kier molecular flexibility index (Phi) is 5.35. The van der Waals surface area contributed by atoms with Crippen LogP contribution >= 0.6 is 31.9 Å². The van der Waals surface area contributed by atoms with Crippen molar-refractivity contribution in [3.8, 4) is 28.1 Å². The van der Waals surface area contributed by atoms with E-state index in [9.17, 15) is 4.79 Å². The molecule has 0 aliphatic carbocycles. The van der Waals surface area contributed by atoms with E-state index in [1.165, 1.54) is 10.7 Å². The van der Waals surface area contributed by atoms with Crippen LogP contribution in [0.15, 0.2) is 92.9 Å². The zero-order valence-electron chi connectivity index (χ0n) is 18.4. The normalized spacial score (nSPS) is 11.4. The van der Waals surface area contributed by atoms with Gasteiger partial charge in [-0.1, -0.05) is 58.4 Å². The first kappa shape index (κ1) is 21.9. The first-order valence-electron chi connectivity index (χ1n) is 10.7. The Morgan fingerprint density at radius 3 is 2.40 bits per heavy atom. The molecule has 0 saturated heterocycles. The number of halogens is 2. The zero-order chi connectivity index (χ0) is 24.1. The van der Waals surface area contributed by atoms with Crippen molar-refractivity contribution in [2.75, 3.05) is 7.11 Å². The maximum atomic E-state index is 13.5. The molecule has 170 valence electrons. The SMILES string of the molecule is COc1ccc(-c2cc(-c3ccccc3)nc3ncn4c(=O)c5cc(Br)cc(Br)c5nc4c23)cc1. The highest BCUT2D eigenvalue weighted by Gasteiger charge is 2.18. The minimum absolute atomic E-state index is 0.200.